The number of nitrogens with zero attached hydrogens (tertiary/aromatic N) is 2. The molecule has 0 saturated heterocycles. The van der Waals surface area contributed by atoms with Gasteiger partial charge in [-0.05, 0) is 42.0 Å². The highest BCUT2D eigenvalue weighted by Gasteiger charge is 2.32. The molecule has 5 nitrogen and oxygen atoms in total. The first-order chi connectivity index (χ1) is 12.2. The maximum Gasteiger partial charge on any atom is 0.220 e. The molecule has 3 N–H and O–H groups in total. The monoisotopic (exact) mass is 376 g/mol. The number of benzene rings is 1. The second-order valence-electron chi connectivity index (χ2n) is 7.24. The summed E-state index contributed by atoms with van der Waals surface area (Å²) in [6, 6.07) is 10.2. The Hall–Kier alpha value is -1.85. The van der Waals surface area contributed by atoms with Gasteiger partial charge in [-0.15, -0.1) is 12.4 Å². The van der Waals surface area contributed by atoms with Crippen LogP contribution in [-0.4, -0.2) is 22.2 Å². The van der Waals surface area contributed by atoms with Crippen molar-refractivity contribution in [1.82, 2.24) is 15.1 Å². The van der Waals surface area contributed by atoms with E-state index in [9.17, 15) is 4.79 Å². The van der Waals surface area contributed by atoms with Crippen molar-refractivity contribution < 1.29 is 4.79 Å². The topological polar surface area (TPSA) is 72.9 Å². The van der Waals surface area contributed by atoms with Crippen molar-refractivity contribution in [1.29, 1.82) is 0 Å². The van der Waals surface area contributed by atoms with E-state index in [-0.39, 0.29) is 23.7 Å². The minimum Gasteiger partial charge on any atom is -0.352 e. The summed E-state index contributed by atoms with van der Waals surface area (Å²) in [6.07, 6.45) is 10.1. The number of halogens is 1. The van der Waals surface area contributed by atoms with Crippen LogP contribution in [0.15, 0.2) is 42.7 Å². The number of nitrogens with two attached hydrogens (primary N) is 1. The van der Waals surface area contributed by atoms with Crippen LogP contribution in [-0.2, 0) is 17.9 Å². The van der Waals surface area contributed by atoms with Crippen LogP contribution in [0.3, 0.4) is 0 Å². The summed E-state index contributed by atoms with van der Waals surface area (Å²) in [5.41, 5.74) is 8.31. The van der Waals surface area contributed by atoms with Crippen LogP contribution < -0.4 is 11.1 Å². The molecule has 0 radical (unpaired) electrons. The van der Waals surface area contributed by atoms with E-state index in [2.05, 4.69) is 34.7 Å². The smallest absolute Gasteiger partial charge is 0.220 e. The average Bonchev–Trinajstić information content (AvgIpc) is 3.15. The summed E-state index contributed by atoms with van der Waals surface area (Å²) in [6.45, 7) is 1.95. The number of carbonyl (C=O) groups excluding carboxylic acids is 1. The number of amides is 1. The number of hydrogen-bond donors (Lipinski definition) is 2. The Morgan fingerprint density at radius 1 is 1.15 bits per heavy atom. The molecule has 26 heavy (non-hydrogen) atoms. The Morgan fingerprint density at radius 3 is 2.46 bits per heavy atom. The Balaban J connectivity index is 0.00000243. The molecule has 0 spiro atoms. The molecule has 0 aliphatic heterocycles. The van der Waals surface area contributed by atoms with E-state index in [1.807, 2.05) is 16.9 Å². The predicted octanol–water partition coefficient (Wildman–Crippen LogP) is 3.27. The molecule has 6 heteroatoms. The number of carbonyl (C=O) groups is 1. The van der Waals surface area contributed by atoms with E-state index >= 15 is 0 Å². The fourth-order valence-corrected chi connectivity index (χ4v) is 3.70. The van der Waals surface area contributed by atoms with Crippen LogP contribution in [0, 0.1) is 5.41 Å². The van der Waals surface area contributed by atoms with Gasteiger partial charge in [-0.2, -0.15) is 5.10 Å². The number of nitrogens with one attached hydrogen (secondary N) is 1. The van der Waals surface area contributed by atoms with Gasteiger partial charge in [0.2, 0.25) is 5.91 Å². The Labute approximate surface area is 161 Å². The van der Waals surface area contributed by atoms with E-state index in [0.29, 0.717) is 19.5 Å². The van der Waals surface area contributed by atoms with Gasteiger partial charge in [-0.1, -0.05) is 43.5 Å². The summed E-state index contributed by atoms with van der Waals surface area (Å²) in [7, 11) is 0. The lowest BCUT2D eigenvalue weighted by Gasteiger charge is -2.35. The first kappa shape index (κ1) is 20.5. The van der Waals surface area contributed by atoms with Gasteiger partial charge in [0.15, 0.2) is 0 Å². The highest BCUT2D eigenvalue weighted by molar-refractivity contribution is 5.85. The van der Waals surface area contributed by atoms with Crippen molar-refractivity contribution in [3.05, 3.63) is 53.9 Å². The van der Waals surface area contributed by atoms with Gasteiger partial charge in [0.25, 0.3) is 0 Å². The lowest BCUT2D eigenvalue weighted by atomic mass is 9.71. The van der Waals surface area contributed by atoms with Crippen LogP contribution in [0.2, 0.25) is 0 Å². The number of hydrogen-bond acceptors (Lipinski definition) is 3. The summed E-state index contributed by atoms with van der Waals surface area (Å²) in [5, 5.41) is 7.27. The number of rotatable bonds is 7. The third kappa shape index (κ3) is 5.58. The standard InChI is InChI=1S/C20H28N4O.ClH/c21-16-20(9-2-1-3-10-20)13-19(25)22-14-17-5-7-18(8-6-17)15-24-12-4-11-23-24;/h4-8,11-12H,1-3,9-10,13-16,21H2,(H,22,25);1H. The van der Waals surface area contributed by atoms with E-state index in [1.54, 1.807) is 6.20 Å². The second-order valence-corrected chi connectivity index (χ2v) is 7.24. The molecule has 2 aromatic rings. The van der Waals surface area contributed by atoms with Crippen molar-refractivity contribution in [2.45, 2.75) is 51.6 Å². The highest BCUT2D eigenvalue weighted by Crippen LogP contribution is 2.38. The van der Waals surface area contributed by atoms with Gasteiger partial charge in [0.05, 0.1) is 6.54 Å². The molecular weight excluding hydrogens is 348 g/mol. The normalized spacial score (nSPS) is 15.9. The minimum atomic E-state index is 0. The lowest BCUT2D eigenvalue weighted by molar-refractivity contribution is -0.124. The quantitative estimate of drug-likeness (QED) is 0.778. The first-order valence-electron chi connectivity index (χ1n) is 9.21. The maximum atomic E-state index is 12.3. The molecule has 3 rings (SSSR count). The van der Waals surface area contributed by atoms with Crippen molar-refractivity contribution in [3.8, 4) is 0 Å². The third-order valence-electron chi connectivity index (χ3n) is 5.30. The van der Waals surface area contributed by atoms with Crippen LogP contribution in [0.1, 0.15) is 49.7 Å². The number of aromatic nitrogens is 2. The zero-order valence-electron chi connectivity index (χ0n) is 15.2. The largest absolute Gasteiger partial charge is 0.352 e. The van der Waals surface area contributed by atoms with Gasteiger partial charge < -0.3 is 11.1 Å². The van der Waals surface area contributed by atoms with Crippen molar-refractivity contribution in [2.24, 2.45) is 11.1 Å². The molecule has 1 fully saturated rings. The third-order valence-corrected chi connectivity index (χ3v) is 5.30. The summed E-state index contributed by atoms with van der Waals surface area (Å²) in [4.78, 5) is 12.3. The van der Waals surface area contributed by atoms with Gasteiger partial charge in [-0.3, -0.25) is 9.48 Å². The van der Waals surface area contributed by atoms with Crippen LogP contribution in [0.25, 0.3) is 0 Å². The van der Waals surface area contributed by atoms with E-state index < -0.39 is 0 Å². The second kappa shape index (κ2) is 9.74. The molecule has 0 unspecified atom stereocenters. The molecule has 1 aliphatic carbocycles. The Kier molecular flexibility index (Phi) is 7.66. The molecule has 142 valence electrons. The molecule has 0 atom stereocenters. The van der Waals surface area contributed by atoms with Gasteiger partial charge in [0.1, 0.15) is 0 Å². The minimum absolute atomic E-state index is 0. The van der Waals surface area contributed by atoms with Crippen molar-refractivity contribution >= 4 is 18.3 Å². The summed E-state index contributed by atoms with van der Waals surface area (Å²) in [5.74, 6) is 0.118. The van der Waals surface area contributed by atoms with Crippen LogP contribution >= 0.6 is 12.4 Å². The summed E-state index contributed by atoms with van der Waals surface area (Å²) < 4.78 is 1.90. The van der Waals surface area contributed by atoms with Crippen LogP contribution in [0.5, 0.6) is 0 Å². The SMILES string of the molecule is Cl.NCC1(CC(=O)NCc2ccc(Cn3cccn3)cc2)CCCCC1. The molecule has 0 bridgehead atoms. The molecule has 1 amide bonds. The van der Waals surface area contributed by atoms with Gasteiger partial charge >= 0.3 is 0 Å². The van der Waals surface area contributed by atoms with Gasteiger partial charge in [-0.25, -0.2) is 0 Å². The van der Waals surface area contributed by atoms with Crippen molar-refractivity contribution in [3.63, 3.8) is 0 Å². The average molecular weight is 377 g/mol. The van der Waals surface area contributed by atoms with Gasteiger partial charge in [0, 0.05) is 25.4 Å². The molecule has 1 aliphatic rings. The molecular formula is C20H29ClN4O. The highest BCUT2D eigenvalue weighted by atomic mass is 35.5. The molecule has 1 aromatic carbocycles. The molecule has 1 saturated carbocycles. The maximum absolute atomic E-state index is 12.3. The van der Waals surface area contributed by atoms with E-state index in [4.69, 9.17) is 5.73 Å². The molecule has 1 heterocycles. The zero-order chi connectivity index (χ0) is 17.5. The van der Waals surface area contributed by atoms with Crippen molar-refractivity contribution in [2.75, 3.05) is 6.54 Å². The predicted molar refractivity (Wildman–Crippen MR) is 106 cm³/mol. The lowest BCUT2D eigenvalue weighted by Crippen LogP contribution is -2.38. The fourth-order valence-electron chi connectivity index (χ4n) is 3.70. The van der Waals surface area contributed by atoms with E-state index in [0.717, 1.165) is 24.9 Å². The fraction of sp³-hybridized carbons (Fsp3) is 0.500. The Morgan fingerprint density at radius 2 is 1.85 bits per heavy atom. The molecule has 1 aromatic heterocycles. The Bertz CT molecular complexity index is 664. The first-order valence-corrected chi connectivity index (χ1v) is 9.21. The van der Waals surface area contributed by atoms with Crippen LogP contribution in [0.4, 0.5) is 0 Å². The summed E-state index contributed by atoms with van der Waals surface area (Å²) >= 11 is 0. The van der Waals surface area contributed by atoms with E-state index in [1.165, 1.54) is 24.8 Å². The zero-order valence-corrected chi connectivity index (χ0v) is 16.0.